The molecule has 3 aliphatic heterocycles. The second-order valence-electron chi connectivity index (χ2n) is 9.45. The highest BCUT2D eigenvalue weighted by Gasteiger charge is 2.69. The molecule has 0 bridgehead atoms. The molecule has 0 aliphatic carbocycles. The van der Waals surface area contributed by atoms with Gasteiger partial charge in [-0.05, 0) is 60.9 Å². The first-order valence-corrected chi connectivity index (χ1v) is 12.7. The van der Waals surface area contributed by atoms with Crippen molar-refractivity contribution in [2.75, 3.05) is 11.9 Å². The fourth-order valence-corrected chi connectivity index (χ4v) is 6.98. The van der Waals surface area contributed by atoms with E-state index in [1.54, 1.807) is 18.2 Å². The molecule has 6 rings (SSSR count). The summed E-state index contributed by atoms with van der Waals surface area (Å²) in [7, 11) is 0. The number of carbonyl (C=O) groups excluding carboxylic acids is 2. The van der Waals surface area contributed by atoms with Crippen molar-refractivity contribution >= 4 is 46.7 Å². The number of anilines is 1. The van der Waals surface area contributed by atoms with Gasteiger partial charge in [-0.2, -0.15) is 0 Å². The summed E-state index contributed by atoms with van der Waals surface area (Å²) in [5.74, 6) is -1.08. The van der Waals surface area contributed by atoms with Crippen LogP contribution in [0.3, 0.4) is 0 Å². The summed E-state index contributed by atoms with van der Waals surface area (Å²) in [5.41, 5.74) is 2.25. The highest BCUT2D eigenvalue weighted by atomic mass is 35.5. The molecule has 0 unspecified atom stereocenters. The Bertz CT molecular complexity index is 1370. The van der Waals surface area contributed by atoms with E-state index in [2.05, 4.69) is 10.2 Å². The van der Waals surface area contributed by atoms with Crippen molar-refractivity contribution in [2.45, 2.75) is 30.3 Å². The number of amides is 1. The van der Waals surface area contributed by atoms with Crippen LogP contribution >= 0.6 is 23.2 Å². The molecule has 2 fully saturated rings. The molecule has 35 heavy (non-hydrogen) atoms. The normalized spacial score (nSPS) is 27.4. The lowest BCUT2D eigenvalue weighted by Crippen LogP contribution is -2.52. The summed E-state index contributed by atoms with van der Waals surface area (Å²) in [5, 5.41) is 4.29. The lowest BCUT2D eigenvalue weighted by Gasteiger charge is -2.36. The van der Waals surface area contributed by atoms with E-state index in [1.165, 1.54) is 0 Å². The molecular weight excluding hydrogens is 479 g/mol. The van der Waals surface area contributed by atoms with Crippen molar-refractivity contribution in [3.05, 3.63) is 106 Å². The second-order valence-corrected chi connectivity index (χ2v) is 10.3. The Hall–Kier alpha value is -2.92. The van der Waals surface area contributed by atoms with Crippen LogP contribution in [0.5, 0.6) is 0 Å². The number of benzene rings is 3. The van der Waals surface area contributed by atoms with E-state index in [0.717, 1.165) is 41.8 Å². The predicted octanol–water partition coefficient (Wildman–Crippen LogP) is 6.30. The smallest absolute Gasteiger partial charge is 0.250 e. The van der Waals surface area contributed by atoms with Crippen LogP contribution in [-0.4, -0.2) is 29.2 Å². The van der Waals surface area contributed by atoms with Gasteiger partial charge < -0.3 is 5.32 Å². The van der Waals surface area contributed by atoms with E-state index >= 15 is 0 Å². The lowest BCUT2D eigenvalue weighted by atomic mass is 9.69. The number of para-hydroxylation sites is 1. The Balaban J connectivity index is 1.55. The molecule has 0 radical (unpaired) electrons. The maximum absolute atomic E-state index is 14.2. The van der Waals surface area contributed by atoms with Gasteiger partial charge in [0.05, 0.1) is 5.92 Å². The number of fused-ring (bicyclic) bond motifs is 4. The molecule has 3 aromatic carbocycles. The van der Waals surface area contributed by atoms with Crippen LogP contribution < -0.4 is 5.32 Å². The van der Waals surface area contributed by atoms with Gasteiger partial charge in [-0.15, -0.1) is 0 Å². The van der Waals surface area contributed by atoms with E-state index in [9.17, 15) is 9.59 Å². The van der Waals surface area contributed by atoms with Crippen LogP contribution in [0.2, 0.25) is 10.0 Å². The fourth-order valence-electron chi connectivity index (χ4n) is 6.52. The third kappa shape index (κ3) is 3.31. The number of rotatable bonds is 4. The number of hydrogen-bond acceptors (Lipinski definition) is 3. The Labute approximate surface area is 214 Å². The number of carbonyl (C=O) groups is 2. The van der Waals surface area contributed by atoms with Gasteiger partial charge in [0.25, 0.3) is 0 Å². The summed E-state index contributed by atoms with van der Waals surface area (Å²) in [6, 6.07) is 22.9. The molecule has 1 spiro atoms. The Morgan fingerprint density at radius 1 is 0.971 bits per heavy atom. The summed E-state index contributed by atoms with van der Waals surface area (Å²) in [4.78, 5) is 30.4. The number of allylic oxidation sites excluding steroid dienone is 1. The Kier molecular flexibility index (Phi) is 5.56. The number of nitrogens with one attached hydrogen (secondary N) is 1. The van der Waals surface area contributed by atoms with Crippen molar-refractivity contribution in [3.63, 3.8) is 0 Å². The maximum Gasteiger partial charge on any atom is 0.250 e. The number of hydrogen-bond donors (Lipinski definition) is 1. The molecule has 0 aromatic heterocycles. The first-order valence-electron chi connectivity index (χ1n) is 11.9. The van der Waals surface area contributed by atoms with Gasteiger partial charge in [0.15, 0.2) is 5.78 Å². The summed E-state index contributed by atoms with van der Waals surface area (Å²) >= 11 is 13.1. The number of ketones is 1. The highest BCUT2D eigenvalue weighted by molar-refractivity contribution is 6.32. The van der Waals surface area contributed by atoms with Gasteiger partial charge in [-0.3, -0.25) is 14.5 Å². The van der Waals surface area contributed by atoms with Crippen molar-refractivity contribution in [1.82, 2.24) is 4.90 Å². The third-order valence-electron chi connectivity index (χ3n) is 7.81. The fraction of sp³-hybridized carbons (Fsp3) is 0.241. The molecule has 4 nitrogen and oxygen atoms in total. The average Bonchev–Trinajstić information content (AvgIpc) is 3.52. The standard InChI is InChI=1S/C29H24Cl2N2O2/c30-21-11-4-1-8-18(21)15-16-25(34)27-26(19-9-2-5-12-22(19)31)24-14-7-17-33(24)29(27)20-10-3-6-13-23(20)32-28(29)35/h1-6,8-13,15-16,24,26-27H,7,14,17H2,(H,32,35)/b16-15+/t24-,26-,27+,29+/m1/s1. The third-order valence-corrected chi connectivity index (χ3v) is 8.50. The van der Waals surface area contributed by atoms with E-state index in [1.807, 2.05) is 66.7 Å². The van der Waals surface area contributed by atoms with Crippen molar-refractivity contribution in [2.24, 2.45) is 5.92 Å². The quantitative estimate of drug-likeness (QED) is 0.425. The Morgan fingerprint density at radius 2 is 1.69 bits per heavy atom. The molecule has 176 valence electrons. The topological polar surface area (TPSA) is 49.4 Å². The van der Waals surface area contributed by atoms with Gasteiger partial charge in [-0.25, -0.2) is 0 Å². The molecule has 1 N–H and O–H groups in total. The minimum absolute atomic E-state index is 0.0365. The molecule has 2 saturated heterocycles. The highest BCUT2D eigenvalue weighted by Crippen LogP contribution is 2.61. The molecule has 6 heteroatoms. The van der Waals surface area contributed by atoms with E-state index in [0.29, 0.717) is 10.0 Å². The van der Waals surface area contributed by atoms with Gasteiger partial charge >= 0.3 is 0 Å². The average molecular weight is 503 g/mol. The molecule has 1 amide bonds. The lowest BCUT2D eigenvalue weighted by molar-refractivity contribution is -0.134. The minimum atomic E-state index is -1.08. The summed E-state index contributed by atoms with van der Waals surface area (Å²) in [6.45, 7) is 0.755. The largest absolute Gasteiger partial charge is 0.324 e. The SMILES string of the molecule is O=C(/C=C/c1ccccc1Cl)[C@H]1[C@H](c2ccccc2Cl)[C@H]2CCCN2[C@]12C(=O)Nc1ccccc12. The molecule has 3 aromatic rings. The molecule has 4 atom stereocenters. The predicted molar refractivity (Wildman–Crippen MR) is 140 cm³/mol. The summed E-state index contributed by atoms with van der Waals surface area (Å²) < 4.78 is 0. The number of halogens is 2. The van der Waals surface area contributed by atoms with E-state index in [-0.39, 0.29) is 23.7 Å². The molecular formula is C29H24Cl2N2O2. The van der Waals surface area contributed by atoms with Gasteiger partial charge in [0.1, 0.15) is 5.54 Å². The van der Waals surface area contributed by atoms with E-state index in [4.69, 9.17) is 23.2 Å². The zero-order valence-electron chi connectivity index (χ0n) is 19.0. The van der Waals surface area contributed by atoms with Crippen LogP contribution in [-0.2, 0) is 15.1 Å². The molecule has 3 heterocycles. The van der Waals surface area contributed by atoms with Gasteiger partial charge in [0, 0.05) is 33.3 Å². The van der Waals surface area contributed by atoms with Crippen LogP contribution in [0.1, 0.15) is 35.4 Å². The Morgan fingerprint density at radius 3 is 2.49 bits per heavy atom. The number of nitrogens with zero attached hydrogens (tertiary/aromatic N) is 1. The zero-order chi connectivity index (χ0) is 24.2. The van der Waals surface area contributed by atoms with E-state index < -0.39 is 11.5 Å². The zero-order valence-corrected chi connectivity index (χ0v) is 20.5. The summed E-state index contributed by atoms with van der Waals surface area (Å²) in [6.07, 6.45) is 5.22. The molecule has 0 saturated carbocycles. The first-order chi connectivity index (χ1) is 17.0. The van der Waals surface area contributed by atoms with Crippen LogP contribution in [0.15, 0.2) is 78.9 Å². The van der Waals surface area contributed by atoms with Crippen LogP contribution in [0.25, 0.3) is 6.08 Å². The monoisotopic (exact) mass is 502 g/mol. The van der Waals surface area contributed by atoms with Crippen molar-refractivity contribution in [3.8, 4) is 0 Å². The minimum Gasteiger partial charge on any atom is -0.324 e. The molecule has 3 aliphatic rings. The first kappa shape index (κ1) is 22.5. The van der Waals surface area contributed by atoms with Crippen LogP contribution in [0, 0.1) is 5.92 Å². The van der Waals surface area contributed by atoms with Crippen molar-refractivity contribution < 1.29 is 9.59 Å². The van der Waals surface area contributed by atoms with Crippen molar-refractivity contribution in [1.29, 1.82) is 0 Å². The second kappa shape index (κ2) is 8.63. The maximum atomic E-state index is 14.2. The van der Waals surface area contributed by atoms with Gasteiger partial charge in [-0.1, -0.05) is 77.8 Å². The van der Waals surface area contributed by atoms with Gasteiger partial charge in [0.2, 0.25) is 5.91 Å². The van der Waals surface area contributed by atoms with Crippen LogP contribution in [0.4, 0.5) is 5.69 Å².